The standard InChI is InChI=1S/C25H31NO/c1-16-7-9-18-17-8-10-21-24(3,19(17)11-14-23(16,18)2)15-20(26-4)22(27)25(21)12-5-6-13-25/h10,15,17-19H,1,5-9,11-14H2,2-3H3/t17-,18-,19-,23+,24+/m0/s1. The van der Waals surface area contributed by atoms with Gasteiger partial charge in [-0.15, -0.1) is 0 Å². The first-order valence-electron chi connectivity index (χ1n) is 10.9. The molecule has 142 valence electrons. The van der Waals surface area contributed by atoms with Crippen LogP contribution in [0.15, 0.2) is 35.6 Å². The van der Waals surface area contributed by atoms with Crippen LogP contribution in [0.25, 0.3) is 4.85 Å². The van der Waals surface area contributed by atoms with Crippen molar-refractivity contribution in [3.63, 3.8) is 0 Å². The van der Waals surface area contributed by atoms with Crippen LogP contribution in [0, 0.1) is 40.6 Å². The number of fused-ring (bicyclic) bond motifs is 6. The van der Waals surface area contributed by atoms with Crippen LogP contribution in [-0.4, -0.2) is 5.78 Å². The van der Waals surface area contributed by atoms with Crippen molar-refractivity contribution in [2.24, 2.45) is 34.0 Å². The number of hydrogen-bond acceptors (Lipinski definition) is 1. The Kier molecular flexibility index (Phi) is 3.54. The normalized spacial score (nSPS) is 44.9. The minimum Gasteiger partial charge on any atom is -0.307 e. The number of ketones is 1. The van der Waals surface area contributed by atoms with Gasteiger partial charge in [-0.05, 0) is 68.1 Å². The summed E-state index contributed by atoms with van der Waals surface area (Å²) >= 11 is 0. The van der Waals surface area contributed by atoms with Crippen molar-refractivity contribution in [3.8, 4) is 0 Å². The van der Waals surface area contributed by atoms with Gasteiger partial charge in [0.2, 0.25) is 5.70 Å². The van der Waals surface area contributed by atoms with Gasteiger partial charge in [-0.2, -0.15) is 0 Å². The molecule has 5 aliphatic carbocycles. The summed E-state index contributed by atoms with van der Waals surface area (Å²) in [7, 11) is 0. The van der Waals surface area contributed by atoms with Gasteiger partial charge in [0.05, 0.1) is 6.57 Å². The van der Waals surface area contributed by atoms with Gasteiger partial charge in [0.1, 0.15) is 0 Å². The highest BCUT2D eigenvalue weighted by atomic mass is 16.1. The van der Waals surface area contributed by atoms with Gasteiger partial charge in [0, 0.05) is 10.8 Å². The number of allylic oxidation sites excluding steroid dienone is 5. The van der Waals surface area contributed by atoms with Crippen LogP contribution in [0.5, 0.6) is 0 Å². The molecular weight excluding hydrogens is 330 g/mol. The van der Waals surface area contributed by atoms with Crippen LogP contribution in [0.3, 0.4) is 0 Å². The molecule has 5 rings (SSSR count). The highest BCUT2D eigenvalue weighted by molar-refractivity contribution is 6.05. The maximum atomic E-state index is 13.3. The van der Waals surface area contributed by atoms with E-state index in [0.717, 1.165) is 38.0 Å². The third kappa shape index (κ3) is 1.99. The molecule has 0 aromatic rings. The summed E-state index contributed by atoms with van der Waals surface area (Å²) in [6, 6.07) is 0. The van der Waals surface area contributed by atoms with E-state index in [0.29, 0.717) is 22.9 Å². The van der Waals surface area contributed by atoms with Crippen LogP contribution in [-0.2, 0) is 4.79 Å². The molecule has 2 heteroatoms. The third-order valence-corrected chi connectivity index (χ3v) is 9.53. The molecule has 0 radical (unpaired) electrons. The number of nitrogens with zero attached hydrogens (tertiary/aromatic N) is 1. The number of Topliss-reactive ketones (excluding diaryl/α,β-unsaturated/α-hetero) is 1. The van der Waals surface area contributed by atoms with E-state index in [1.807, 2.05) is 0 Å². The van der Waals surface area contributed by atoms with E-state index in [1.54, 1.807) is 0 Å². The summed E-state index contributed by atoms with van der Waals surface area (Å²) in [5.41, 5.74) is 3.15. The van der Waals surface area contributed by atoms with Gasteiger partial charge in [-0.3, -0.25) is 0 Å². The first-order chi connectivity index (χ1) is 12.9. The lowest BCUT2D eigenvalue weighted by Crippen LogP contribution is -2.52. The second-order valence-corrected chi connectivity index (χ2v) is 10.4. The van der Waals surface area contributed by atoms with Gasteiger partial charge < -0.3 is 4.79 Å². The molecule has 0 heterocycles. The van der Waals surface area contributed by atoms with E-state index < -0.39 is 0 Å². The Morgan fingerprint density at radius 1 is 1.15 bits per heavy atom. The average Bonchev–Trinajstić information content (AvgIpc) is 3.25. The summed E-state index contributed by atoms with van der Waals surface area (Å²) in [5.74, 6) is 2.10. The van der Waals surface area contributed by atoms with Crippen molar-refractivity contribution in [1.82, 2.24) is 0 Å². The van der Waals surface area contributed by atoms with Crippen molar-refractivity contribution in [2.75, 3.05) is 0 Å². The third-order valence-electron chi connectivity index (χ3n) is 9.53. The van der Waals surface area contributed by atoms with Crippen LogP contribution in [0.4, 0.5) is 0 Å². The molecule has 0 amide bonds. The maximum Gasteiger partial charge on any atom is 0.227 e. The predicted molar refractivity (Wildman–Crippen MR) is 108 cm³/mol. The zero-order valence-corrected chi connectivity index (χ0v) is 16.8. The lowest BCUT2D eigenvalue weighted by Gasteiger charge is -2.58. The fourth-order valence-corrected chi connectivity index (χ4v) is 8.11. The van der Waals surface area contributed by atoms with Gasteiger partial charge in [-0.25, -0.2) is 4.85 Å². The molecule has 3 saturated carbocycles. The second kappa shape index (κ2) is 5.47. The number of rotatable bonds is 0. The van der Waals surface area contributed by atoms with Gasteiger partial charge in [-0.1, -0.05) is 56.6 Å². The Labute approximate surface area is 163 Å². The van der Waals surface area contributed by atoms with E-state index in [1.165, 1.54) is 36.8 Å². The van der Waals surface area contributed by atoms with Crippen molar-refractivity contribution in [1.29, 1.82) is 0 Å². The molecule has 5 atom stereocenters. The van der Waals surface area contributed by atoms with Gasteiger partial charge in [0.15, 0.2) is 5.78 Å². The minimum absolute atomic E-state index is 0.105. The molecule has 1 spiro atoms. The summed E-state index contributed by atoms with van der Waals surface area (Å²) in [5, 5.41) is 0. The molecule has 0 aromatic carbocycles. The van der Waals surface area contributed by atoms with Crippen molar-refractivity contribution in [3.05, 3.63) is 47.0 Å². The average molecular weight is 362 g/mol. The Hall–Kier alpha value is -1.62. The highest BCUT2D eigenvalue weighted by Crippen LogP contribution is 2.68. The largest absolute Gasteiger partial charge is 0.307 e. The fraction of sp³-hybridized carbons (Fsp3) is 0.680. The quantitative estimate of drug-likeness (QED) is 0.368. The first-order valence-corrected chi connectivity index (χ1v) is 10.9. The number of carbonyl (C=O) groups is 1. The number of carbonyl (C=O) groups excluding carboxylic acids is 1. The van der Waals surface area contributed by atoms with Crippen molar-refractivity contribution in [2.45, 2.75) is 71.6 Å². The topological polar surface area (TPSA) is 21.4 Å². The molecule has 0 aromatic heterocycles. The Morgan fingerprint density at radius 2 is 1.89 bits per heavy atom. The highest BCUT2D eigenvalue weighted by Gasteiger charge is 2.61. The summed E-state index contributed by atoms with van der Waals surface area (Å²) in [6.45, 7) is 16.9. The van der Waals surface area contributed by atoms with Crippen LogP contribution in [0.1, 0.15) is 71.6 Å². The monoisotopic (exact) mass is 361 g/mol. The minimum atomic E-state index is -0.353. The lowest BCUT2D eigenvalue weighted by molar-refractivity contribution is -0.124. The summed E-state index contributed by atoms with van der Waals surface area (Å²) in [6.07, 6.45) is 14.7. The zero-order valence-electron chi connectivity index (χ0n) is 16.8. The molecule has 2 nitrogen and oxygen atoms in total. The SMILES string of the molecule is [C-]#[N+]C1=C[C@@]2(C)C(=CC[C@@H]3[C@@H]2CC[C@]2(C)C(=C)CC[C@@H]32)C2(CCCC2)C1=O. The summed E-state index contributed by atoms with van der Waals surface area (Å²) in [4.78, 5) is 17.0. The molecule has 3 fully saturated rings. The molecule has 5 aliphatic rings. The molecule has 0 N–H and O–H groups in total. The van der Waals surface area contributed by atoms with Crippen LogP contribution >= 0.6 is 0 Å². The summed E-state index contributed by atoms with van der Waals surface area (Å²) < 4.78 is 0. The van der Waals surface area contributed by atoms with E-state index in [9.17, 15) is 4.79 Å². The first kappa shape index (κ1) is 17.5. The van der Waals surface area contributed by atoms with Crippen molar-refractivity contribution >= 4 is 5.78 Å². The molecular formula is C25H31NO. The molecule has 27 heavy (non-hydrogen) atoms. The van der Waals surface area contributed by atoms with E-state index in [2.05, 4.69) is 37.4 Å². The van der Waals surface area contributed by atoms with Gasteiger partial charge >= 0.3 is 0 Å². The van der Waals surface area contributed by atoms with E-state index >= 15 is 0 Å². The second-order valence-electron chi connectivity index (χ2n) is 10.4. The maximum absolute atomic E-state index is 13.3. The van der Waals surface area contributed by atoms with Crippen LogP contribution in [0.2, 0.25) is 0 Å². The molecule has 0 aliphatic heterocycles. The Balaban J connectivity index is 1.65. The van der Waals surface area contributed by atoms with E-state index in [4.69, 9.17) is 6.57 Å². The number of hydrogen-bond donors (Lipinski definition) is 0. The van der Waals surface area contributed by atoms with E-state index in [-0.39, 0.29) is 16.6 Å². The van der Waals surface area contributed by atoms with Gasteiger partial charge in [0.25, 0.3) is 0 Å². The zero-order chi connectivity index (χ0) is 19.0. The smallest absolute Gasteiger partial charge is 0.227 e. The predicted octanol–water partition coefficient (Wildman–Crippen LogP) is 6.27. The molecule has 0 unspecified atom stereocenters. The Morgan fingerprint density at radius 3 is 2.59 bits per heavy atom. The molecule has 0 bridgehead atoms. The Bertz CT molecular complexity index is 833. The lowest BCUT2D eigenvalue weighted by atomic mass is 9.45. The molecule has 0 saturated heterocycles. The fourth-order valence-electron chi connectivity index (χ4n) is 8.11. The van der Waals surface area contributed by atoms with Crippen LogP contribution < -0.4 is 0 Å². The van der Waals surface area contributed by atoms with Crippen molar-refractivity contribution < 1.29 is 4.79 Å².